The van der Waals surface area contributed by atoms with Crippen molar-refractivity contribution < 1.29 is 4.74 Å². The maximum absolute atomic E-state index is 5.27. The Balaban J connectivity index is 2.37. The molecule has 3 nitrogen and oxygen atoms in total. The molecular formula is C10H14N2OS. The Labute approximate surface area is 88.7 Å². The van der Waals surface area contributed by atoms with Crippen molar-refractivity contribution >= 4 is 17.7 Å². The standard InChI is InChI=1S/C10H14N2OS/c1-7-9(13-3)5-4-8-10(7)11-14-6-12(8)2/h4-5,8H,6H2,1-3H3. The van der Waals surface area contributed by atoms with Gasteiger partial charge >= 0.3 is 0 Å². The van der Waals surface area contributed by atoms with Gasteiger partial charge in [0.1, 0.15) is 5.76 Å². The summed E-state index contributed by atoms with van der Waals surface area (Å²) in [5.41, 5.74) is 2.28. The average Bonchev–Trinajstić information content (AvgIpc) is 2.20. The molecular weight excluding hydrogens is 196 g/mol. The van der Waals surface area contributed by atoms with Crippen molar-refractivity contribution in [2.24, 2.45) is 4.40 Å². The summed E-state index contributed by atoms with van der Waals surface area (Å²) in [6, 6.07) is 0.329. The van der Waals surface area contributed by atoms with E-state index in [1.165, 1.54) is 0 Å². The van der Waals surface area contributed by atoms with Gasteiger partial charge in [0.2, 0.25) is 0 Å². The van der Waals surface area contributed by atoms with Gasteiger partial charge in [0, 0.05) is 5.57 Å². The molecule has 1 aliphatic carbocycles. The quantitative estimate of drug-likeness (QED) is 0.617. The molecule has 76 valence electrons. The molecule has 0 spiro atoms. The largest absolute Gasteiger partial charge is 0.496 e. The molecule has 1 aliphatic heterocycles. The molecule has 2 rings (SSSR count). The van der Waals surface area contributed by atoms with E-state index in [1.807, 2.05) is 6.08 Å². The number of likely N-dealkylation sites (N-methyl/N-ethyl adjacent to an activating group) is 1. The van der Waals surface area contributed by atoms with Crippen LogP contribution in [0.2, 0.25) is 0 Å². The molecule has 4 heteroatoms. The molecule has 0 aromatic heterocycles. The third kappa shape index (κ3) is 1.48. The van der Waals surface area contributed by atoms with Crippen molar-refractivity contribution in [2.75, 3.05) is 20.0 Å². The number of nitrogens with zero attached hydrogens (tertiary/aromatic N) is 2. The number of allylic oxidation sites excluding steroid dienone is 1. The van der Waals surface area contributed by atoms with Crippen molar-refractivity contribution in [1.29, 1.82) is 0 Å². The van der Waals surface area contributed by atoms with E-state index in [9.17, 15) is 0 Å². The van der Waals surface area contributed by atoms with Crippen LogP contribution in [0, 0.1) is 0 Å². The van der Waals surface area contributed by atoms with E-state index in [-0.39, 0.29) is 0 Å². The Hall–Kier alpha value is -0.740. The highest BCUT2D eigenvalue weighted by Crippen LogP contribution is 2.27. The number of hydrogen-bond acceptors (Lipinski definition) is 4. The molecule has 2 aliphatic rings. The fourth-order valence-electron chi connectivity index (χ4n) is 1.71. The molecule has 0 saturated carbocycles. The van der Waals surface area contributed by atoms with Crippen molar-refractivity contribution in [2.45, 2.75) is 13.0 Å². The van der Waals surface area contributed by atoms with Gasteiger partial charge in [-0.15, -0.1) is 0 Å². The maximum Gasteiger partial charge on any atom is 0.123 e. The van der Waals surface area contributed by atoms with Gasteiger partial charge in [-0.05, 0) is 32.0 Å². The van der Waals surface area contributed by atoms with E-state index in [2.05, 4.69) is 29.3 Å². The van der Waals surface area contributed by atoms with E-state index in [1.54, 1.807) is 19.1 Å². The minimum Gasteiger partial charge on any atom is -0.496 e. The zero-order valence-corrected chi connectivity index (χ0v) is 9.47. The predicted molar refractivity (Wildman–Crippen MR) is 60.3 cm³/mol. The first-order valence-corrected chi connectivity index (χ1v) is 5.52. The highest BCUT2D eigenvalue weighted by atomic mass is 32.2. The van der Waals surface area contributed by atoms with Crippen LogP contribution < -0.4 is 0 Å². The summed E-state index contributed by atoms with van der Waals surface area (Å²) in [4.78, 5) is 2.28. The number of ether oxygens (including phenoxy) is 1. The first-order chi connectivity index (χ1) is 6.74. The summed E-state index contributed by atoms with van der Waals surface area (Å²) in [6.07, 6.45) is 4.18. The maximum atomic E-state index is 5.27. The van der Waals surface area contributed by atoms with E-state index in [4.69, 9.17) is 4.74 Å². The first kappa shape index (κ1) is 9.80. The Morgan fingerprint density at radius 2 is 2.43 bits per heavy atom. The van der Waals surface area contributed by atoms with Crippen LogP contribution in [0.3, 0.4) is 0 Å². The van der Waals surface area contributed by atoms with Gasteiger partial charge in [-0.2, -0.15) is 0 Å². The number of rotatable bonds is 1. The molecule has 1 unspecified atom stereocenters. The SMILES string of the molecule is COC1=C(C)C2=NSCN(C)C2C=C1. The van der Waals surface area contributed by atoms with Crippen LogP contribution in [0.1, 0.15) is 6.92 Å². The zero-order valence-electron chi connectivity index (χ0n) is 8.65. The lowest BCUT2D eigenvalue weighted by Crippen LogP contribution is -2.41. The van der Waals surface area contributed by atoms with Gasteiger partial charge in [0.25, 0.3) is 0 Å². The molecule has 1 heterocycles. The van der Waals surface area contributed by atoms with Crippen LogP contribution in [0.15, 0.2) is 27.9 Å². The second-order valence-corrected chi connectivity index (χ2v) is 4.19. The fourth-order valence-corrected chi connectivity index (χ4v) is 2.50. The lowest BCUT2D eigenvalue weighted by Gasteiger charge is -2.32. The fraction of sp³-hybridized carbons (Fsp3) is 0.500. The smallest absolute Gasteiger partial charge is 0.123 e. The van der Waals surface area contributed by atoms with Crippen LogP contribution in [0.25, 0.3) is 0 Å². The van der Waals surface area contributed by atoms with Gasteiger partial charge in [0.05, 0.1) is 24.7 Å². The normalized spacial score (nSPS) is 27.4. The van der Waals surface area contributed by atoms with Gasteiger partial charge in [-0.25, -0.2) is 4.40 Å². The summed E-state index contributed by atoms with van der Waals surface area (Å²) >= 11 is 1.60. The van der Waals surface area contributed by atoms with E-state index in [0.29, 0.717) is 6.04 Å². The molecule has 0 aromatic carbocycles. The Kier molecular flexibility index (Phi) is 2.65. The lowest BCUT2D eigenvalue weighted by molar-refractivity contribution is 0.300. The highest BCUT2D eigenvalue weighted by molar-refractivity contribution is 7.98. The van der Waals surface area contributed by atoms with Crippen molar-refractivity contribution in [1.82, 2.24) is 4.90 Å². The minimum atomic E-state index is 0.329. The molecule has 0 saturated heterocycles. The Morgan fingerprint density at radius 3 is 3.14 bits per heavy atom. The average molecular weight is 210 g/mol. The third-order valence-electron chi connectivity index (χ3n) is 2.58. The molecule has 0 fully saturated rings. The first-order valence-electron chi connectivity index (χ1n) is 4.57. The molecule has 0 N–H and O–H groups in total. The summed E-state index contributed by atoms with van der Waals surface area (Å²) in [5.74, 6) is 1.88. The summed E-state index contributed by atoms with van der Waals surface area (Å²) in [6.45, 7) is 2.06. The van der Waals surface area contributed by atoms with Crippen molar-refractivity contribution in [3.8, 4) is 0 Å². The predicted octanol–water partition coefficient (Wildman–Crippen LogP) is 1.84. The van der Waals surface area contributed by atoms with Gasteiger partial charge in [0.15, 0.2) is 0 Å². The second kappa shape index (κ2) is 3.79. The summed E-state index contributed by atoms with van der Waals surface area (Å²) in [7, 11) is 3.81. The lowest BCUT2D eigenvalue weighted by atomic mass is 9.97. The third-order valence-corrected chi connectivity index (χ3v) is 3.43. The molecule has 0 aromatic rings. The van der Waals surface area contributed by atoms with Crippen LogP contribution in [-0.2, 0) is 4.74 Å². The highest BCUT2D eigenvalue weighted by Gasteiger charge is 2.27. The van der Waals surface area contributed by atoms with Crippen LogP contribution in [0.4, 0.5) is 0 Å². The van der Waals surface area contributed by atoms with Gasteiger partial charge in [-0.3, -0.25) is 4.90 Å². The molecule has 14 heavy (non-hydrogen) atoms. The van der Waals surface area contributed by atoms with Gasteiger partial charge < -0.3 is 4.74 Å². The Bertz CT molecular complexity index is 333. The molecule has 0 bridgehead atoms. The van der Waals surface area contributed by atoms with Crippen molar-refractivity contribution in [3.05, 3.63) is 23.5 Å². The van der Waals surface area contributed by atoms with Crippen LogP contribution in [0.5, 0.6) is 0 Å². The monoisotopic (exact) mass is 210 g/mol. The van der Waals surface area contributed by atoms with Gasteiger partial charge in [-0.1, -0.05) is 6.08 Å². The van der Waals surface area contributed by atoms with E-state index >= 15 is 0 Å². The molecule has 0 radical (unpaired) electrons. The number of methoxy groups -OCH3 is 1. The number of hydrogen-bond donors (Lipinski definition) is 0. The summed E-state index contributed by atoms with van der Waals surface area (Å²) in [5, 5.41) is 0. The molecule has 1 atom stereocenters. The topological polar surface area (TPSA) is 24.8 Å². The molecule has 0 amide bonds. The zero-order chi connectivity index (χ0) is 10.1. The minimum absolute atomic E-state index is 0.329. The van der Waals surface area contributed by atoms with Crippen LogP contribution in [-0.4, -0.2) is 36.7 Å². The van der Waals surface area contributed by atoms with E-state index in [0.717, 1.165) is 22.9 Å². The Morgan fingerprint density at radius 1 is 1.64 bits per heavy atom. The van der Waals surface area contributed by atoms with Crippen LogP contribution >= 0.6 is 11.9 Å². The van der Waals surface area contributed by atoms with E-state index < -0.39 is 0 Å². The summed E-state index contributed by atoms with van der Waals surface area (Å²) < 4.78 is 9.76. The number of fused-ring (bicyclic) bond motifs is 1. The second-order valence-electron chi connectivity index (χ2n) is 3.49. The van der Waals surface area contributed by atoms with Crippen molar-refractivity contribution in [3.63, 3.8) is 0 Å².